The average Bonchev–Trinajstić information content (AvgIpc) is 3.18. The summed E-state index contributed by atoms with van der Waals surface area (Å²) in [5.74, 6) is 1.50. The fourth-order valence-corrected chi connectivity index (χ4v) is 2.41. The summed E-state index contributed by atoms with van der Waals surface area (Å²) in [6.45, 7) is 0.636. The quantitative estimate of drug-likeness (QED) is 0.806. The van der Waals surface area contributed by atoms with Crippen molar-refractivity contribution in [1.29, 1.82) is 0 Å². The molecule has 0 atom stereocenters. The molecule has 0 unspecified atom stereocenters. The van der Waals surface area contributed by atoms with Gasteiger partial charge in [0.15, 0.2) is 17.3 Å². The number of carbonyl (C=O) groups is 1. The molecule has 0 saturated heterocycles. The molecule has 0 fully saturated rings. The number of ether oxygens (including phenoxy) is 2. The first-order valence-corrected chi connectivity index (χ1v) is 6.95. The van der Waals surface area contributed by atoms with Crippen molar-refractivity contribution in [1.82, 2.24) is 5.32 Å². The average molecular weight is 295 g/mol. The molecule has 0 aliphatic carbocycles. The van der Waals surface area contributed by atoms with Gasteiger partial charge in [0.25, 0.3) is 5.91 Å². The van der Waals surface area contributed by atoms with Crippen molar-refractivity contribution in [3.63, 3.8) is 0 Å². The molecule has 1 aliphatic heterocycles. The van der Waals surface area contributed by atoms with Crippen LogP contribution in [0.15, 0.2) is 52.9 Å². The fraction of sp³-hybridized carbons (Fsp3) is 0.118. The first kappa shape index (κ1) is 12.8. The molecule has 0 bridgehead atoms. The van der Waals surface area contributed by atoms with Crippen LogP contribution in [0.5, 0.6) is 11.5 Å². The van der Waals surface area contributed by atoms with E-state index in [1.165, 1.54) is 0 Å². The van der Waals surface area contributed by atoms with Crippen LogP contribution in [0.2, 0.25) is 0 Å². The van der Waals surface area contributed by atoms with Crippen molar-refractivity contribution in [3.05, 3.63) is 59.9 Å². The second kappa shape index (κ2) is 5.11. The van der Waals surface area contributed by atoms with Crippen LogP contribution in [-0.2, 0) is 6.54 Å². The summed E-state index contributed by atoms with van der Waals surface area (Å²) in [6, 6.07) is 14.9. The van der Waals surface area contributed by atoms with Crippen molar-refractivity contribution in [3.8, 4) is 11.5 Å². The van der Waals surface area contributed by atoms with Gasteiger partial charge in [-0.25, -0.2) is 0 Å². The molecule has 110 valence electrons. The number of furan rings is 1. The van der Waals surface area contributed by atoms with Crippen LogP contribution in [0, 0.1) is 0 Å². The lowest BCUT2D eigenvalue weighted by atomic mass is 10.2. The van der Waals surface area contributed by atoms with Crippen LogP contribution in [0.1, 0.15) is 16.1 Å². The van der Waals surface area contributed by atoms with Crippen LogP contribution in [0.3, 0.4) is 0 Å². The van der Waals surface area contributed by atoms with E-state index < -0.39 is 0 Å². The maximum absolute atomic E-state index is 12.2. The minimum absolute atomic E-state index is 0.240. The SMILES string of the molecule is O=C(NCc1ccc2c(c1)OCO2)c1cc2ccccc2o1. The highest BCUT2D eigenvalue weighted by Crippen LogP contribution is 2.32. The summed E-state index contributed by atoms with van der Waals surface area (Å²) in [6.07, 6.45) is 0. The lowest BCUT2D eigenvalue weighted by Gasteiger charge is -2.04. The van der Waals surface area contributed by atoms with Crippen LogP contribution in [0.25, 0.3) is 11.0 Å². The van der Waals surface area contributed by atoms with Gasteiger partial charge < -0.3 is 19.2 Å². The van der Waals surface area contributed by atoms with Crippen molar-refractivity contribution < 1.29 is 18.7 Å². The zero-order valence-electron chi connectivity index (χ0n) is 11.7. The number of carbonyl (C=O) groups excluding carboxylic acids is 1. The molecule has 22 heavy (non-hydrogen) atoms. The first-order valence-electron chi connectivity index (χ1n) is 6.95. The Bertz CT molecular complexity index is 820. The Kier molecular flexibility index (Phi) is 2.96. The molecule has 0 spiro atoms. The van der Waals surface area contributed by atoms with E-state index >= 15 is 0 Å². The smallest absolute Gasteiger partial charge is 0.287 e. The van der Waals surface area contributed by atoms with E-state index in [4.69, 9.17) is 13.9 Å². The summed E-state index contributed by atoms with van der Waals surface area (Å²) in [5.41, 5.74) is 1.64. The number of para-hydroxylation sites is 1. The fourth-order valence-electron chi connectivity index (χ4n) is 2.41. The van der Waals surface area contributed by atoms with Crippen LogP contribution >= 0.6 is 0 Å². The minimum atomic E-state index is -0.242. The van der Waals surface area contributed by atoms with Gasteiger partial charge in [0, 0.05) is 11.9 Å². The number of hydrogen-bond acceptors (Lipinski definition) is 4. The Morgan fingerprint density at radius 1 is 1.05 bits per heavy atom. The Morgan fingerprint density at radius 2 is 1.91 bits per heavy atom. The normalized spacial score (nSPS) is 12.5. The van der Waals surface area contributed by atoms with Gasteiger partial charge in [-0.3, -0.25) is 4.79 Å². The highest BCUT2D eigenvalue weighted by molar-refractivity contribution is 5.96. The van der Waals surface area contributed by atoms with Gasteiger partial charge in [0.1, 0.15) is 5.58 Å². The van der Waals surface area contributed by atoms with Gasteiger partial charge in [-0.15, -0.1) is 0 Å². The molecule has 2 heterocycles. The molecule has 5 nitrogen and oxygen atoms in total. The Hall–Kier alpha value is -2.95. The van der Waals surface area contributed by atoms with Crippen molar-refractivity contribution in [2.24, 2.45) is 0 Å². The number of rotatable bonds is 3. The molecular weight excluding hydrogens is 282 g/mol. The second-order valence-corrected chi connectivity index (χ2v) is 5.02. The Morgan fingerprint density at radius 3 is 2.82 bits per heavy atom. The van der Waals surface area contributed by atoms with E-state index in [-0.39, 0.29) is 12.7 Å². The Balaban J connectivity index is 1.48. The first-order chi connectivity index (χ1) is 10.8. The van der Waals surface area contributed by atoms with E-state index in [0.717, 1.165) is 16.7 Å². The minimum Gasteiger partial charge on any atom is -0.454 e. The van der Waals surface area contributed by atoms with Gasteiger partial charge >= 0.3 is 0 Å². The van der Waals surface area contributed by atoms with Gasteiger partial charge in [-0.05, 0) is 29.8 Å². The molecule has 0 radical (unpaired) electrons. The standard InChI is InChI=1S/C17H13NO4/c19-17(16-8-12-3-1-2-4-13(12)22-16)18-9-11-5-6-14-15(7-11)21-10-20-14/h1-8H,9-10H2,(H,18,19). The van der Waals surface area contributed by atoms with E-state index in [9.17, 15) is 4.79 Å². The third kappa shape index (κ3) is 2.26. The number of nitrogens with one attached hydrogen (secondary N) is 1. The molecule has 4 rings (SSSR count). The number of hydrogen-bond donors (Lipinski definition) is 1. The van der Waals surface area contributed by atoms with Crippen LogP contribution in [-0.4, -0.2) is 12.7 Å². The zero-order valence-corrected chi connectivity index (χ0v) is 11.7. The van der Waals surface area contributed by atoms with Gasteiger partial charge in [-0.2, -0.15) is 0 Å². The molecule has 1 aromatic heterocycles. The van der Waals surface area contributed by atoms with Crippen LogP contribution < -0.4 is 14.8 Å². The van der Waals surface area contributed by atoms with Crippen molar-refractivity contribution in [2.75, 3.05) is 6.79 Å². The molecule has 3 aromatic rings. The second-order valence-electron chi connectivity index (χ2n) is 5.02. The third-order valence-electron chi connectivity index (χ3n) is 3.54. The monoisotopic (exact) mass is 295 g/mol. The lowest BCUT2D eigenvalue weighted by Crippen LogP contribution is -2.22. The highest BCUT2D eigenvalue weighted by Gasteiger charge is 2.15. The third-order valence-corrected chi connectivity index (χ3v) is 3.54. The zero-order chi connectivity index (χ0) is 14.9. The van der Waals surface area contributed by atoms with Gasteiger partial charge in [0.2, 0.25) is 6.79 Å². The maximum Gasteiger partial charge on any atom is 0.287 e. The summed E-state index contributed by atoms with van der Waals surface area (Å²) >= 11 is 0. The Labute approximate surface area is 126 Å². The number of benzene rings is 2. The highest BCUT2D eigenvalue weighted by atomic mass is 16.7. The molecule has 2 aromatic carbocycles. The molecular formula is C17H13NO4. The number of fused-ring (bicyclic) bond motifs is 2. The van der Waals surface area contributed by atoms with E-state index in [1.54, 1.807) is 6.07 Å². The summed E-state index contributed by atoms with van der Waals surface area (Å²) < 4.78 is 16.1. The number of amides is 1. The lowest BCUT2D eigenvalue weighted by molar-refractivity contribution is 0.0925. The maximum atomic E-state index is 12.2. The molecule has 5 heteroatoms. The van der Waals surface area contributed by atoms with Gasteiger partial charge in [0.05, 0.1) is 0 Å². The summed E-state index contributed by atoms with van der Waals surface area (Å²) in [5, 5.41) is 3.75. The van der Waals surface area contributed by atoms with Crippen molar-refractivity contribution in [2.45, 2.75) is 6.54 Å². The molecule has 1 amide bonds. The molecule has 1 N–H and O–H groups in total. The van der Waals surface area contributed by atoms with E-state index in [1.807, 2.05) is 42.5 Å². The summed E-state index contributed by atoms with van der Waals surface area (Å²) in [7, 11) is 0. The van der Waals surface area contributed by atoms with E-state index in [0.29, 0.717) is 23.6 Å². The molecule has 0 saturated carbocycles. The predicted octanol–water partition coefficient (Wildman–Crippen LogP) is 3.09. The topological polar surface area (TPSA) is 60.7 Å². The predicted molar refractivity (Wildman–Crippen MR) is 79.9 cm³/mol. The van der Waals surface area contributed by atoms with Crippen molar-refractivity contribution >= 4 is 16.9 Å². The largest absolute Gasteiger partial charge is 0.454 e. The van der Waals surface area contributed by atoms with Crippen LogP contribution in [0.4, 0.5) is 0 Å². The molecule has 1 aliphatic rings. The van der Waals surface area contributed by atoms with E-state index in [2.05, 4.69) is 5.32 Å². The summed E-state index contributed by atoms with van der Waals surface area (Å²) in [4.78, 5) is 12.2. The van der Waals surface area contributed by atoms with Gasteiger partial charge in [-0.1, -0.05) is 24.3 Å².